The molecule has 0 aliphatic heterocycles. The van der Waals surface area contributed by atoms with E-state index >= 15 is 0 Å². The largest absolute Gasteiger partial charge is 0.256 e. The molecule has 2 aromatic heterocycles. The van der Waals surface area contributed by atoms with Gasteiger partial charge in [-0.25, -0.2) is 0 Å². The summed E-state index contributed by atoms with van der Waals surface area (Å²) in [4.78, 5) is 9.14. The zero-order valence-electron chi connectivity index (χ0n) is 11.5. The Morgan fingerprint density at radius 1 is 0.571 bits per heavy atom. The van der Waals surface area contributed by atoms with Gasteiger partial charge in [0.1, 0.15) is 0 Å². The van der Waals surface area contributed by atoms with Gasteiger partial charge in [0.2, 0.25) is 0 Å². The molecule has 100 valence electrons. The first-order valence-corrected chi connectivity index (χ1v) is 8.48. The maximum absolute atomic E-state index is 4.57. The van der Waals surface area contributed by atoms with Gasteiger partial charge in [-0.3, -0.25) is 9.97 Å². The third kappa shape index (κ3) is 2.21. The highest BCUT2D eigenvalue weighted by molar-refractivity contribution is 6.71. The lowest BCUT2D eigenvalue weighted by molar-refractivity contribution is 1.42. The molecule has 0 unspecified atom stereocenters. The SMILES string of the molecule is c1cnc2c([SiH2]c3cccc4cccnc34)cccc2c1. The van der Waals surface area contributed by atoms with Crippen LogP contribution in [0.25, 0.3) is 21.8 Å². The summed E-state index contributed by atoms with van der Waals surface area (Å²) in [5, 5.41) is 5.20. The van der Waals surface area contributed by atoms with Crippen molar-refractivity contribution in [2.24, 2.45) is 0 Å². The lowest BCUT2D eigenvalue weighted by Crippen LogP contribution is -2.29. The number of benzene rings is 2. The van der Waals surface area contributed by atoms with E-state index in [1.54, 1.807) is 0 Å². The van der Waals surface area contributed by atoms with Crippen LogP contribution in [-0.2, 0) is 0 Å². The Labute approximate surface area is 125 Å². The summed E-state index contributed by atoms with van der Waals surface area (Å²) in [6.45, 7) is 0. The molecule has 0 aliphatic carbocycles. The number of hydrogen-bond donors (Lipinski definition) is 0. The van der Waals surface area contributed by atoms with Gasteiger partial charge in [-0.2, -0.15) is 0 Å². The highest BCUT2D eigenvalue weighted by Gasteiger charge is 2.07. The zero-order valence-corrected chi connectivity index (χ0v) is 12.9. The van der Waals surface area contributed by atoms with Crippen molar-refractivity contribution in [3.63, 3.8) is 0 Å². The summed E-state index contributed by atoms with van der Waals surface area (Å²) in [5.41, 5.74) is 2.28. The molecule has 3 heteroatoms. The van der Waals surface area contributed by atoms with E-state index in [0.29, 0.717) is 0 Å². The number of fused-ring (bicyclic) bond motifs is 2. The predicted molar refractivity (Wildman–Crippen MR) is 91.3 cm³/mol. The predicted octanol–water partition coefficient (Wildman–Crippen LogP) is 1.90. The van der Waals surface area contributed by atoms with E-state index in [0.717, 1.165) is 11.0 Å². The van der Waals surface area contributed by atoms with E-state index in [-0.39, 0.29) is 0 Å². The van der Waals surface area contributed by atoms with Gasteiger partial charge >= 0.3 is 0 Å². The Balaban J connectivity index is 1.87. The van der Waals surface area contributed by atoms with Gasteiger partial charge in [0.25, 0.3) is 0 Å². The summed E-state index contributed by atoms with van der Waals surface area (Å²) in [5.74, 6) is 0. The molecule has 0 atom stereocenters. The van der Waals surface area contributed by atoms with Crippen LogP contribution in [0.2, 0.25) is 0 Å². The first kappa shape index (κ1) is 12.2. The molecular weight excluding hydrogens is 272 g/mol. The average Bonchev–Trinajstić information content (AvgIpc) is 2.56. The average molecular weight is 286 g/mol. The molecule has 0 bridgehead atoms. The van der Waals surface area contributed by atoms with Crippen LogP contribution in [0, 0.1) is 0 Å². The molecule has 0 saturated carbocycles. The molecule has 0 saturated heterocycles. The van der Waals surface area contributed by atoms with Crippen molar-refractivity contribution >= 4 is 41.7 Å². The molecule has 0 spiro atoms. The summed E-state index contributed by atoms with van der Waals surface area (Å²) in [6, 6.07) is 21.2. The van der Waals surface area contributed by atoms with Gasteiger partial charge < -0.3 is 0 Å². The summed E-state index contributed by atoms with van der Waals surface area (Å²) >= 11 is 0. The van der Waals surface area contributed by atoms with Crippen molar-refractivity contribution < 1.29 is 0 Å². The molecule has 2 heterocycles. The normalized spacial score (nSPS) is 11.0. The fraction of sp³-hybridized carbons (Fsp3) is 0. The van der Waals surface area contributed by atoms with Gasteiger partial charge in [-0.1, -0.05) is 48.5 Å². The van der Waals surface area contributed by atoms with Crippen molar-refractivity contribution in [1.29, 1.82) is 0 Å². The highest BCUT2D eigenvalue weighted by atomic mass is 28.2. The van der Waals surface area contributed by atoms with Crippen molar-refractivity contribution in [3.8, 4) is 0 Å². The van der Waals surface area contributed by atoms with E-state index < -0.39 is 9.52 Å². The summed E-state index contributed by atoms with van der Waals surface area (Å²) in [6.07, 6.45) is 3.75. The van der Waals surface area contributed by atoms with E-state index in [9.17, 15) is 0 Å². The fourth-order valence-corrected chi connectivity index (χ4v) is 4.67. The molecule has 2 aromatic carbocycles. The van der Waals surface area contributed by atoms with Crippen LogP contribution in [0.15, 0.2) is 73.1 Å². The molecule has 0 fully saturated rings. The van der Waals surface area contributed by atoms with Crippen LogP contribution in [0.4, 0.5) is 0 Å². The Bertz CT molecular complexity index is 846. The molecule has 4 aromatic rings. The quantitative estimate of drug-likeness (QED) is 0.526. The maximum Gasteiger partial charge on any atom is 0.0932 e. The Hall–Kier alpha value is -2.52. The first-order chi connectivity index (χ1) is 10.4. The second-order valence-electron chi connectivity index (χ2n) is 5.16. The van der Waals surface area contributed by atoms with Crippen molar-refractivity contribution in [3.05, 3.63) is 73.1 Å². The first-order valence-electron chi connectivity index (χ1n) is 7.07. The van der Waals surface area contributed by atoms with E-state index in [1.165, 1.54) is 21.1 Å². The zero-order chi connectivity index (χ0) is 14.1. The topological polar surface area (TPSA) is 25.8 Å². The van der Waals surface area contributed by atoms with Crippen LogP contribution in [0.3, 0.4) is 0 Å². The van der Waals surface area contributed by atoms with Crippen LogP contribution in [-0.4, -0.2) is 19.5 Å². The van der Waals surface area contributed by atoms with Gasteiger partial charge in [-0.05, 0) is 22.5 Å². The van der Waals surface area contributed by atoms with Crippen LogP contribution in [0.5, 0.6) is 0 Å². The van der Waals surface area contributed by atoms with Gasteiger partial charge in [0, 0.05) is 23.2 Å². The molecule has 0 radical (unpaired) electrons. The molecule has 0 N–H and O–H groups in total. The van der Waals surface area contributed by atoms with Gasteiger partial charge in [0.05, 0.1) is 20.6 Å². The Morgan fingerprint density at radius 3 is 1.57 bits per heavy atom. The number of aromatic nitrogens is 2. The molecule has 0 aliphatic rings. The number of rotatable bonds is 2. The van der Waals surface area contributed by atoms with Crippen molar-refractivity contribution in [2.75, 3.05) is 0 Å². The van der Waals surface area contributed by atoms with Crippen LogP contribution in [0.1, 0.15) is 0 Å². The second-order valence-corrected chi connectivity index (χ2v) is 7.04. The number of pyridine rings is 2. The molecule has 4 rings (SSSR count). The molecule has 0 amide bonds. The molecule has 21 heavy (non-hydrogen) atoms. The third-order valence-electron chi connectivity index (χ3n) is 3.81. The van der Waals surface area contributed by atoms with Crippen molar-refractivity contribution in [2.45, 2.75) is 0 Å². The third-order valence-corrected chi connectivity index (χ3v) is 5.72. The minimum atomic E-state index is -0.603. The summed E-state index contributed by atoms with van der Waals surface area (Å²) in [7, 11) is -0.603. The number of para-hydroxylation sites is 2. The monoisotopic (exact) mass is 286 g/mol. The number of hydrogen-bond acceptors (Lipinski definition) is 2. The maximum atomic E-state index is 4.57. The lowest BCUT2D eigenvalue weighted by atomic mass is 10.2. The van der Waals surface area contributed by atoms with E-state index in [4.69, 9.17) is 0 Å². The summed E-state index contributed by atoms with van der Waals surface area (Å²) < 4.78 is 0. The fourth-order valence-electron chi connectivity index (χ4n) is 2.83. The Morgan fingerprint density at radius 2 is 1.05 bits per heavy atom. The Kier molecular flexibility index (Phi) is 2.98. The van der Waals surface area contributed by atoms with Crippen LogP contribution < -0.4 is 10.4 Å². The van der Waals surface area contributed by atoms with Crippen LogP contribution >= 0.6 is 0 Å². The highest BCUT2D eigenvalue weighted by Crippen LogP contribution is 2.09. The van der Waals surface area contributed by atoms with E-state index in [1.807, 2.05) is 24.5 Å². The standard InChI is InChI=1S/C18H14N2Si/c1-5-13-7-3-11-19-17(13)15(9-1)21-16-10-2-6-14-8-4-12-20-18(14)16/h1-12H,21H2. The van der Waals surface area contributed by atoms with Crippen molar-refractivity contribution in [1.82, 2.24) is 9.97 Å². The molecular formula is C18H14N2Si. The van der Waals surface area contributed by atoms with E-state index in [2.05, 4.69) is 58.5 Å². The minimum absolute atomic E-state index is 0.603. The minimum Gasteiger partial charge on any atom is -0.256 e. The lowest BCUT2D eigenvalue weighted by Gasteiger charge is -2.07. The number of nitrogens with zero attached hydrogens (tertiary/aromatic N) is 2. The molecule has 2 nitrogen and oxygen atoms in total. The van der Waals surface area contributed by atoms with Gasteiger partial charge in [0.15, 0.2) is 0 Å². The second kappa shape index (κ2) is 5.11. The van der Waals surface area contributed by atoms with Gasteiger partial charge in [-0.15, -0.1) is 0 Å². The smallest absolute Gasteiger partial charge is 0.0932 e.